The lowest BCUT2D eigenvalue weighted by Gasteiger charge is -2.15. The predicted molar refractivity (Wildman–Crippen MR) is 99.3 cm³/mol. The molecule has 0 saturated carbocycles. The molecule has 0 atom stereocenters. The van der Waals surface area contributed by atoms with Gasteiger partial charge in [-0.1, -0.05) is 54.4 Å². The fourth-order valence-corrected chi connectivity index (χ4v) is 2.90. The highest BCUT2D eigenvalue weighted by molar-refractivity contribution is 6.48. The highest BCUT2D eigenvalue weighted by Gasteiger charge is 2.37. The molecule has 3 rings (SSSR count). The number of carbonyl (C=O) groups excluding carboxylic acids is 2. The van der Waals surface area contributed by atoms with Crippen LogP contribution < -0.4 is 5.32 Å². The van der Waals surface area contributed by atoms with Crippen molar-refractivity contribution < 1.29 is 9.59 Å². The Morgan fingerprint density at radius 2 is 1.48 bits per heavy atom. The summed E-state index contributed by atoms with van der Waals surface area (Å²) in [5.74, 6) is -0.946. The van der Waals surface area contributed by atoms with E-state index >= 15 is 0 Å². The van der Waals surface area contributed by atoms with Crippen molar-refractivity contribution in [3.05, 3.63) is 75.4 Å². The van der Waals surface area contributed by atoms with Gasteiger partial charge in [-0.25, -0.2) is 0 Å². The minimum absolute atomic E-state index is 0.0986. The highest BCUT2D eigenvalue weighted by atomic mass is 35.5. The van der Waals surface area contributed by atoms with Crippen molar-refractivity contribution in [1.29, 1.82) is 0 Å². The number of aryl methyl sites for hydroxylation is 1. The first kappa shape index (κ1) is 17.5. The van der Waals surface area contributed by atoms with E-state index in [9.17, 15) is 9.59 Å². The lowest BCUT2D eigenvalue weighted by atomic mass is 10.1. The van der Waals surface area contributed by atoms with Crippen molar-refractivity contribution >= 4 is 40.7 Å². The quantitative estimate of drug-likeness (QED) is 0.792. The molecule has 0 bridgehead atoms. The third kappa shape index (κ3) is 3.70. The SMILES string of the molecule is CCc1ccc(NC2=C(Cl)C(=O)N(Cc3ccc(Cl)cc3)C2=O)cc1. The molecule has 1 N–H and O–H groups in total. The summed E-state index contributed by atoms with van der Waals surface area (Å²) in [6.07, 6.45) is 0.927. The standard InChI is InChI=1S/C19H16Cl2N2O2/c1-2-12-5-9-15(10-6-12)22-17-16(21)18(24)23(19(17)25)11-13-3-7-14(20)8-4-13/h3-10,22H,2,11H2,1H3. The van der Waals surface area contributed by atoms with Gasteiger partial charge in [-0.3, -0.25) is 14.5 Å². The van der Waals surface area contributed by atoms with Crippen LogP contribution in [0.25, 0.3) is 0 Å². The molecule has 1 heterocycles. The first-order valence-electron chi connectivity index (χ1n) is 7.86. The molecule has 128 valence electrons. The van der Waals surface area contributed by atoms with Crippen LogP contribution in [0.15, 0.2) is 59.3 Å². The second kappa shape index (κ2) is 7.30. The van der Waals surface area contributed by atoms with E-state index in [0.29, 0.717) is 10.7 Å². The number of anilines is 1. The minimum atomic E-state index is -0.505. The molecule has 1 aliphatic rings. The van der Waals surface area contributed by atoms with Gasteiger partial charge in [-0.05, 0) is 41.8 Å². The van der Waals surface area contributed by atoms with Gasteiger partial charge in [0.05, 0.1) is 6.54 Å². The molecule has 0 aliphatic carbocycles. The van der Waals surface area contributed by atoms with Crippen molar-refractivity contribution in [2.45, 2.75) is 19.9 Å². The summed E-state index contributed by atoms with van der Waals surface area (Å²) in [4.78, 5) is 26.1. The van der Waals surface area contributed by atoms with Gasteiger partial charge in [0.2, 0.25) is 0 Å². The zero-order chi connectivity index (χ0) is 18.0. The fourth-order valence-electron chi connectivity index (χ4n) is 2.54. The summed E-state index contributed by atoms with van der Waals surface area (Å²) in [5, 5.41) is 3.46. The third-order valence-corrected chi connectivity index (χ3v) is 4.60. The van der Waals surface area contributed by atoms with Gasteiger partial charge in [0.15, 0.2) is 0 Å². The molecule has 2 aromatic rings. The second-order valence-corrected chi connectivity index (χ2v) is 6.50. The first-order valence-corrected chi connectivity index (χ1v) is 8.61. The van der Waals surface area contributed by atoms with Gasteiger partial charge in [-0.2, -0.15) is 0 Å². The van der Waals surface area contributed by atoms with Crippen molar-refractivity contribution in [2.75, 3.05) is 5.32 Å². The smallest absolute Gasteiger partial charge is 0.279 e. The van der Waals surface area contributed by atoms with Gasteiger partial charge in [0.1, 0.15) is 10.7 Å². The van der Waals surface area contributed by atoms with E-state index in [1.165, 1.54) is 5.56 Å². The maximum atomic E-state index is 12.6. The molecule has 6 heteroatoms. The molecule has 0 fully saturated rings. The molecule has 0 radical (unpaired) electrons. The first-order chi connectivity index (χ1) is 12.0. The van der Waals surface area contributed by atoms with Crippen LogP contribution in [0.1, 0.15) is 18.1 Å². The molecule has 2 aromatic carbocycles. The van der Waals surface area contributed by atoms with E-state index < -0.39 is 11.8 Å². The van der Waals surface area contributed by atoms with Crippen LogP contribution in [-0.4, -0.2) is 16.7 Å². The minimum Gasteiger partial charge on any atom is -0.350 e. The van der Waals surface area contributed by atoms with Crippen molar-refractivity contribution in [2.24, 2.45) is 0 Å². The van der Waals surface area contributed by atoms with Crippen LogP contribution >= 0.6 is 23.2 Å². The van der Waals surface area contributed by atoms with Gasteiger partial charge >= 0.3 is 0 Å². The van der Waals surface area contributed by atoms with Gasteiger partial charge < -0.3 is 5.32 Å². The monoisotopic (exact) mass is 374 g/mol. The van der Waals surface area contributed by atoms with Crippen LogP contribution in [0.5, 0.6) is 0 Å². The Morgan fingerprint density at radius 1 is 0.880 bits per heavy atom. The van der Waals surface area contributed by atoms with Crippen LogP contribution in [0.3, 0.4) is 0 Å². The summed E-state index contributed by atoms with van der Waals surface area (Å²) >= 11 is 12.0. The lowest BCUT2D eigenvalue weighted by Crippen LogP contribution is -2.31. The number of imide groups is 1. The Bertz CT molecular complexity index is 843. The lowest BCUT2D eigenvalue weighted by molar-refractivity contribution is -0.138. The average Bonchev–Trinajstić information content (AvgIpc) is 2.82. The molecule has 0 spiro atoms. The van der Waals surface area contributed by atoms with E-state index in [1.54, 1.807) is 24.3 Å². The van der Waals surface area contributed by atoms with E-state index in [2.05, 4.69) is 12.2 Å². The summed E-state index contributed by atoms with van der Waals surface area (Å²) in [5.41, 5.74) is 2.79. The summed E-state index contributed by atoms with van der Waals surface area (Å²) in [6.45, 7) is 2.21. The van der Waals surface area contributed by atoms with E-state index in [0.717, 1.165) is 16.9 Å². The molecular formula is C19H16Cl2N2O2. The zero-order valence-corrected chi connectivity index (χ0v) is 15.1. The second-order valence-electron chi connectivity index (χ2n) is 5.69. The Labute approximate surface area is 156 Å². The van der Waals surface area contributed by atoms with E-state index in [4.69, 9.17) is 23.2 Å². The van der Waals surface area contributed by atoms with E-state index in [-0.39, 0.29) is 17.3 Å². The third-order valence-electron chi connectivity index (χ3n) is 4.00. The van der Waals surface area contributed by atoms with Crippen LogP contribution in [0.2, 0.25) is 5.02 Å². The average molecular weight is 375 g/mol. The summed E-state index contributed by atoms with van der Waals surface area (Å²) in [7, 11) is 0. The van der Waals surface area contributed by atoms with Gasteiger partial charge in [0, 0.05) is 10.7 Å². The van der Waals surface area contributed by atoms with E-state index in [1.807, 2.05) is 24.3 Å². The van der Waals surface area contributed by atoms with Crippen molar-refractivity contribution in [1.82, 2.24) is 4.90 Å². The zero-order valence-electron chi connectivity index (χ0n) is 13.6. The number of hydrogen-bond acceptors (Lipinski definition) is 3. The molecule has 4 nitrogen and oxygen atoms in total. The van der Waals surface area contributed by atoms with Crippen molar-refractivity contribution in [3.63, 3.8) is 0 Å². The number of halogens is 2. The Morgan fingerprint density at radius 3 is 2.08 bits per heavy atom. The Hall–Kier alpha value is -2.30. The fraction of sp³-hybridized carbons (Fsp3) is 0.158. The number of nitrogens with one attached hydrogen (secondary N) is 1. The number of amides is 2. The summed E-state index contributed by atoms with van der Waals surface area (Å²) in [6, 6.07) is 14.6. The van der Waals surface area contributed by atoms with Crippen molar-refractivity contribution in [3.8, 4) is 0 Å². The number of carbonyl (C=O) groups is 2. The molecule has 25 heavy (non-hydrogen) atoms. The highest BCUT2D eigenvalue weighted by Crippen LogP contribution is 2.27. The Balaban J connectivity index is 1.77. The normalized spacial score (nSPS) is 14.4. The topological polar surface area (TPSA) is 49.4 Å². The van der Waals surface area contributed by atoms with Gasteiger partial charge in [-0.15, -0.1) is 0 Å². The van der Waals surface area contributed by atoms with Crippen LogP contribution in [-0.2, 0) is 22.6 Å². The molecule has 2 amide bonds. The molecule has 0 saturated heterocycles. The van der Waals surface area contributed by atoms with Crippen LogP contribution in [0, 0.1) is 0 Å². The number of hydrogen-bond donors (Lipinski definition) is 1. The number of rotatable bonds is 5. The molecular weight excluding hydrogens is 359 g/mol. The number of benzene rings is 2. The molecule has 0 aromatic heterocycles. The van der Waals surface area contributed by atoms with Crippen LogP contribution in [0.4, 0.5) is 5.69 Å². The maximum Gasteiger partial charge on any atom is 0.279 e. The maximum absolute atomic E-state index is 12.6. The largest absolute Gasteiger partial charge is 0.350 e. The summed E-state index contributed by atoms with van der Waals surface area (Å²) < 4.78 is 0. The Kier molecular flexibility index (Phi) is 5.11. The molecule has 1 aliphatic heterocycles. The molecule has 0 unspecified atom stereocenters. The predicted octanol–water partition coefficient (Wildman–Crippen LogP) is 4.33. The number of nitrogens with zero attached hydrogens (tertiary/aromatic N) is 1. The van der Waals surface area contributed by atoms with Gasteiger partial charge in [0.25, 0.3) is 11.8 Å².